The van der Waals surface area contributed by atoms with Crippen molar-refractivity contribution < 1.29 is 9.84 Å². The fourth-order valence-corrected chi connectivity index (χ4v) is 2.06. The van der Waals surface area contributed by atoms with Gasteiger partial charge in [-0.25, -0.2) is 0 Å². The second-order valence-electron chi connectivity index (χ2n) is 3.99. The molecular weight excluding hydrogens is 176 g/mol. The number of phenols is 1. The molecule has 76 valence electrons. The van der Waals surface area contributed by atoms with Crippen molar-refractivity contribution in [2.24, 2.45) is 0 Å². The SMILES string of the molecule is Cc1cc(O)cc(C2CCOCC2)c1. The number of aryl methyl sites for hydroxylation is 1. The van der Waals surface area contributed by atoms with Crippen molar-refractivity contribution in [1.29, 1.82) is 0 Å². The lowest BCUT2D eigenvalue weighted by Crippen LogP contribution is -2.14. The first-order valence-corrected chi connectivity index (χ1v) is 5.14. The van der Waals surface area contributed by atoms with Gasteiger partial charge in [0.2, 0.25) is 0 Å². The lowest BCUT2D eigenvalue weighted by Gasteiger charge is -2.22. The Balaban J connectivity index is 2.21. The third kappa shape index (κ3) is 2.07. The number of hydrogen-bond acceptors (Lipinski definition) is 2. The van der Waals surface area contributed by atoms with E-state index in [1.807, 2.05) is 13.0 Å². The minimum atomic E-state index is 0.381. The minimum absolute atomic E-state index is 0.381. The molecule has 0 saturated carbocycles. The van der Waals surface area contributed by atoms with Crippen LogP contribution in [0.1, 0.15) is 29.9 Å². The van der Waals surface area contributed by atoms with Gasteiger partial charge in [-0.3, -0.25) is 0 Å². The third-order valence-electron chi connectivity index (χ3n) is 2.78. The summed E-state index contributed by atoms with van der Waals surface area (Å²) in [6.45, 7) is 3.71. The molecule has 0 bridgehead atoms. The average Bonchev–Trinajstić information content (AvgIpc) is 2.18. The fourth-order valence-electron chi connectivity index (χ4n) is 2.06. The van der Waals surface area contributed by atoms with E-state index < -0.39 is 0 Å². The van der Waals surface area contributed by atoms with Gasteiger partial charge in [-0.1, -0.05) is 6.07 Å². The van der Waals surface area contributed by atoms with Gasteiger partial charge in [0.25, 0.3) is 0 Å². The van der Waals surface area contributed by atoms with E-state index in [1.165, 1.54) is 5.56 Å². The molecule has 0 radical (unpaired) electrons. The summed E-state index contributed by atoms with van der Waals surface area (Å²) in [5, 5.41) is 9.49. The largest absolute Gasteiger partial charge is 0.508 e. The van der Waals surface area contributed by atoms with Crippen LogP contribution in [0.25, 0.3) is 0 Å². The molecule has 0 aromatic heterocycles. The molecule has 0 spiro atoms. The minimum Gasteiger partial charge on any atom is -0.508 e. The topological polar surface area (TPSA) is 29.5 Å². The Morgan fingerprint density at radius 1 is 1.21 bits per heavy atom. The molecule has 1 saturated heterocycles. The molecule has 1 aromatic carbocycles. The summed E-state index contributed by atoms with van der Waals surface area (Å²) in [7, 11) is 0. The lowest BCUT2D eigenvalue weighted by atomic mass is 9.91. The van der Waals surface area contributed by atoms with Crippen LogP contribution in [-0.2, 0) is 4.74 Å². The van der Waals surface area contributed by atoms with Gasteiger partial charge in [0.15, 0.2) is 0 Å². The van der Waals surface area contributed by atoms with Crippen molar-refractivity contribution in [3.05, 3.63) is 29.3 Å². The van der Waals surface area contributed by atoms with Gasteiger partial charge < -0.3 is 9.84 Å². The highest BCUT2D eigenvalue weighted by molar-refractivity contribution is 5.34. The van der Waals surface area contributed by atoms with Crippen LogP contribution in [0.4, 0.5) is 0 Å². The van der Waals surface area contributed by atoms with E-state index in [1.54, 1.807) is 6.07 Å². The number of ether oxygens (including phenoxy) is 1. The molecule has 2 rings (SSSR count). The summed E-state index contributed by atoms with van der Waals surface area (Å²) < 4.78 is 5.32. The molecule has 0 aliphatic carbocycles. The van der Waals surface area contributed by atoms with Gasteiger partial charge in [0, 0.05) is 13.2 Å². The van der Waals surface area contributed by atoms with E-state index >= 15 is 0 Å². The summed E-state index contributed by atoms with van der Waals surface area (Å²) in [5.41, 5.74) is 2.39. The highest BCUT2D eigenvalue weighted by Crippen LogP contribution is 2.29. The molecule has 2 heteroatoms. The standard InChI is InChI=1S/C12H16O2/c1-9-6-11(8-12(13)7-9)10-2-4-14-5-3-10/h6-8,10,13H,2-5H2,1H3. The molecule has 1 heterocycles. The van der Waals surface area contributed by atoms with Crippen LogP contribution in [0.5, 0.6) is 5.75 Å². The van der Waals surface area contributed by atoms with Gasteiger partial charge in [-0.15, -0.1) is 0 Å². The first-order valence-electron chi connectivity index (χ1n) is 5.14. The Labute approximate surface area is 84.5 Å². The second kappa shape index (κ2) is 4.01. The summed E-state index contributed by atoms with van der Waals surface area (Å²) in [6, 6.07) is 5.83. The molecule has 1 N–H and O–H groups in total. The molecule has 0 unspecified atom stereocenters. The highest BCUT2D eigenvalue weighted by atomic mass is 16.5. The highest BCUT2D eigenvalue weighted by Gasteiger charge is 2.16. The van der Waals surface area contributed by atoms with Crippen LogP contribution in [-0.4, -0.2) is 18.3 Å². The maximum atomic E-state index is 9.49. The van der Waals surface area contributed by atoms with Crippen molar-refractivity contribution in [2.45, 2.75) is 25.7 Å². The van der Waals surface area contributed by atoms with Crippen LogP contribution in [0, 0.1) is 6.92 Å². The zero-order valence-corrected chi connectivity index (χ0v) is 8.49. The van der Waals surface area contributed by atoms with Gasteiger partial charge in [0.1, 0.15) is 5.75 Å². The van der Waals surface area contributed by atoms with E-state index in [9.17, 15) is 5.11 Å². The van der Waals surface area contributed by atoms with E-state index in [0.717, 1.165) is 31.6 Å². The Bertz CT molecular complexity index is 294. The fraction of sp³-hybridized carbons (Fsp3) is 0.500. The third-order valence-corrected chi connectivity index (χ3v) is 2.78. The van der Waals surface area contributed by atoms with Crippen molar-refractivity contribution in [2.75, 3.05) is 13.2 Å². The normalized spacial score (nSPS) is 18.4. The van der Waals surface area contributed by atoms with Crippen LogP contribution < -0.4 is 0 Å². The van der Waals surface area contributed by atoms with Crippen LogP contribution in [0.15, 0.2) is 18.2 Å². The van der Waals surface area contributed by atoms with Crippen molar-refractivity contribution in [1.82, 2.24) is 0 Å². The van der Waals surface area contributed by atoms with Gasteiger partial charge in [0.05, 0.1) is 0 Å². The summed E-state index contributed by atoms with van der Waals surface area (Å²) >= 11 is 0. The number of rotatable bonds is 1. The van der Waals surface area contributed by atoms with Crippen LogP contribution >= 0.6 is 0 Å². The molecular formula is C12H16O2. The Morgan fingerprint density at radius 2 is 1.93 bits per heavy atom. The van der Waals surface area contributed by atoms with Gasteiger partial charge in [-0.2, -0.15) is 0 Å². The predicted octanol–water partition coefficient (Wildman–Crippen LogP) is 2.59. The maximum Gasteiger partial charge on any atom is 0.116 e. The molecule has 14 heavy (non-hydrogen) atoms. The molecule has 1 aliphatic heterocycles. The van der Waals surface area contributed by atoms with Gasteiger partial charge >= 0.3 is 0 Å². The summed E-state index contributed by atoms with van der Waals surface area (Å²) in [6.07, 6.45) is 2.14. The first kappa shape index (κ1) is 9.53. The lowest BCUT2D eigenvalue weighted by molar-refractivity contribution is 0.0853. The predicted molar refractivity (Wildman–Crippen MR) is 55.6 cm³/mol. The van der Waals surface area contributed by atoms with Crippen molar-refractivity contribution in [3.63, 3.8) is 0 Å². The quantitative estimate of drug-likeness (QED) is 0.741. The molecule has 1 aromatic rings. The maximum absolute atomic E-state index is 9.49. The molecule has 1 aliphatic rings. The Kier molecular flexibility index (Phi) is 2.73. The first-order chi connectivity index (χ1) is 6.75. The van der Waals surface area contributed by atoms with Crippen molar-refractivity contribution in [3.8, 4) is 5.75 Å². The monoisotopic (exact) mass is 192 g/mol. The Hall–Kier alpha value is -1.02. The zero-order valence-electron chi connectivity index (χ0n) is 8.49. The van der Waals surface area contributed by atoms with E-state index in [-0.39, 0.29) is 0 Å². The summed E-state index contributed by atoms with van der Waals surface area (Å²) in [4.78, 5) is 0. The van der Waals surface area contributed by atoms with E-state index in [2.05, 4.69) is 6.07 Å². The van der Waals surface area contributed by atoms with Crippen LogP contribution in [0.2, 0.25) is 0 Å². The summed E-state index contributed by atoms with van der Waals surface area (Å²) in [5.74, 6) is 0.945. The second-order valence-corrected chi connectivity index (χ2v) is 3.99. The van der Waals surface area contributed by atoms with Crippen LogP contribution in [0.3, 0.4) is 0 Å². The van der Waals surface area contributed by atoms with E-state index in [0.29, 0.717) is 11.7 Å². The number of phenolic OH excluding ortho intramolecular Hbond substituents is 1. The smallest absolute Gasteiger partial charge is 0.116 e. The molecule has 0 amide bonds. The van der Waals surface area contributed by atoms with E-state index in [4.69, 9.17) is 4.74 Å². The average molecular weight is 192 g/mol. The van der Waals surface area contributed by atoms with Gasteiger partial charge in [-0.05, 0) is 48.9 Å². The number of benzene rings is 1. The number of hydrogen-bond donors (Lipinski definition) is 1. The molecule has 0 atom stereocenters. The number of aromatic hydroxyl groups is 1. The molecule has 2 nitrogen and oxygen atoms in total. The Morgan fingerprint density at radius 3 is 2.57 bits per heavy atom. The zero-order chi connectivity index (χ0) is 9.97. The molecule has 1 fully saturated rings. The van der Waals surface area contributed by atoms with Crippen molar-refractivity contribution >= 4 is 0 Å².